The molecule has 1 aliphatic rings. The van der Waals surface area contributed by atoms with E-state index < -0.39 is 0 Å². The van der Waals surface area contributed by atoms with Crippen LogP contribution >= 0.6 is 23.5 Å². The Bertz CT molecular complexity index is 804. The SMILES string of the molecule is CC[C@@H](C)Oc1ccc(/C=N\NC(=O)COc2ccc(C3SCCS3)cc2)cc1. The molecule has 0 aliphatic carbocycles. The van der Waals surface area contributed by atoms with E-state index in [0.29, 0.717) is 10.3 Å². The summed E-state index contributed by atoms with van der Waals surface area (Å²) in [6, 6.07) is 15.5. The van der Waals surface area contributed by atoms with Crippen LogP contribution < -0.4 is 14.9 Å². The number of hydrazone groups is 1. The van der Waals surface area contributed by atoms with E-state index in [1.807, 2.05) is 66.8 Å². The molecule has 29 heavy (non-hydrogen) atoms. The molecular formula is C22H26N2O3S2. The minimum Gasteiger partial charge on any atom is -0.491 e. The van der Waals surface area contributed by atoms with Crippen molar-refractivity contribution in [1.29, 1.82) is 0 Å². The minimum absolute atomic E-state index is 0.0781. The van der Waals surface area contributed by atoms with Gasteiger partial charge in [-0.1, -0.05) is 19.1 Å². The molecule has 1 saturated heterocycles. The highest BCUT2D eigenvalue weighted by Gasteiger charge is 2.17. The van der Waals surface area contributed by atoms with Crippen molar-refractivity contribution >= 4 is 35.6 Å². The molecule has 7 heteroatoms. The third-order valence-corrected chi connectivity index (χ3v) is 7.44. The summed E-state index contributed by atoms with van der Waals surface area (Å²) in [7, 11) is 0. The Hall–Kier alpha value is -2.12. The second-order valence-electron chi connectivity index (χ2n) is 6.63. The van der Waals surface area contributed by atoms with Gasteiger partial charge in [0.15, 0.2) is 6.61 Å². The van der Waals surface area contributed by atoms with Crippen LogP contribution in [-0.4, -0.2) is 36.3 Å². The first-order valence-corrected chi connectivity index (χ1v) is 11.8. The van der Waals surface area contributed by atoms with Crippen molar-refractivity contribution in [2.45, 2.75) is 31.0 Å². The third-order valence-electron chi connectivity index (χ3n) is 4.34. The number of hydrogen-bond acceptors (Lipinski definition) is 6. The molecule has 0 unspecified atom stereocenters. The molecule has 5 nitrogen and oxygen atoms in total. The van der Waals surface area contributed by atoms with Gasteiger partial charge < -0.3 is 9.47 Å². The lowest BCUT2D eigenvalue weighted by atomic mass is 10.2. The van der Waals surface area contributed by atoms with Crippen molar-refractivity contribution in [3.63, 3.8) is 0 Å². The lowest BCUT2D eigenvalue weighted by Crippen LogP contribution is -2.24. The Kier molecular flexibility index (Phi) is 8.31. The first-order valence-electron chi connectivity index (χ1n) is 9.68. The zero-order valence-corrected chi connectivity index (χ0v) is 18.3. The quantitative estimate of drug-likeness (QED) is 0.454. The molecule has 1 N–H and O–H groups in total. The molecule has 1 heterocycles. The number of carbonyl (C=O) groups excluding carboxylic acids is 1. The lowest BCUT2D eigenvalue weighted by Gasteiger charge is -2.12. The zero-order chi connectivity index (χ0) is 20.5. The molecule has 1 fully saturated rings. The van der Waals surface area contributed by atoms with Gasteiger partial charge in [-0.15, -0.1) is 23.5 Å². The normalized spacial score (nSPS) is 15.4. The van der Waals surface area contributed by atoms with Gasteiger partial charge >= 0.3 is 0 Å². The van der Waals surface area contributed by atoms with Crippen molar-refractivity contribution in [2.75, 3.05) is 18.1 Å². The molecule has 2 aromatic carbocycles. The molecule has 2 aromatic rings. The van der Waals surface area contributed by atoms with E-state index in [0.717, 1.165) is 17.7 Å². The van der Waals surface area contributed by atoms with Crippen molar-refractivity contribution < 1.29 is 14.3 Å². The van der Waals surface area contributed by atoms with Gasteiger partial charge in [-0.3, -0.25) is 4.79 Å². The van der Waals surface area contributed by atoms with Crippen LogP contribution in [0.25, 0.3) is 0 Å². The molecule has 1 aliphatic heterocycles. The Labute approximate surface area is 180 Å². The Morgan fingerprint density at radius 1 is 1.14 bits per heavy atom. The number of nitrogens with zero attached hydrogens (tertiary/aromatic N) is 1. The van der Waals surface area contributed by atoms with E-state index in [-0.39, 0.29) is 18.6 Å². The Morgan fingerprint density at radius 3 is 2.45 bits per heavy atom. The van der Waals surface area contributed by atoms with E-state index >= 15 is 0 Å². The maximum Gasteiger partial charge on any atom is 0.277 e. The summed E-state index contributed by atoms with van der Waals surface area (Å²) < 4.78 is 11.8. The minimum atomic E-state index is -0.302. The monoisotopic (exact) mass is 430 g/mol. The van der Waals surface area contributed by atoms with Crippen molar-refractivity contribution in [3.8, 4) is 11.5 Å². The molecule has 0 aromatic heterocycles. The summed E-state index contributed by atoms with van der Waals surface area (Å²) in [6.45, 7) is 4.04. The predicted octanol–water partition coefficient (Wildman–Crippen LogP) is 4.87. The topological polar surface area (TPSA) is 59.9 Å². The van der Waals surface area contributed by atoms with Crippen LogP contribution in [0.3, 0.4) is 0 Å². The summed E-state index contributed by atoms with van der Waals surface area (Å²) in [5, 5.41) is 3.98. The second kappa shape index (κ2) is 11.2. The molecule has 0 spiro atoms. The standard InChI is InChI=1S/C22H26N2O3S2/c1-3-16(2)27-20-8-4-17(5-9-20)14-23-24-21(25)15-26-19-10-6-18(7-11-19)22-28-12-13-29-22/h4-11,14,16,22H,3,12-13,15H2,1-2H3,(H,24,25)/b23-14-/t16-/m1/s1. The number of thioether (sulfide) groups is 2. The number of hydrogen-bond donors (Lipinski definition) is 1. The molecule has 0 saturated carbocycles. The van der Waals surface area contributed by atoms with Crippen LogP contribution in [0.4, 0.5) is 0 Å². The smallest absolute Gasteiger partial charge is 0.277 e. The van der Waals surface area contributed by atoms with Crippen LogP contribution in [0, 0.1) is 0 Å². The van der Waals surface area contributed by atoms with Crippen LogP contribution in [0.5, 0.6) is 11.5 Å². The fourth-order valence-electron chi connectivity index (χ4n) is 2.58. The van der Waals surface area contributed by atoms with Crippen LogP contribution in [-0.2, 0) is 4.79 Å². The molecule has 3 rings (SSSR count). The summed E-state index contributed by atoms with van der Waals surface area (Å²) in [4.78, 5) is 11.9. The Balaban J connectivity index is 1.40. The van der Waals surface area contributed by atoms with Gasteiger partial charge in [-0.2, -0.15) is 5.10 Å². The largest absolute Gasteiger partial charge is 0.491 e. The molecule has 154 valence electrons. The third kappa shape index (κ3) is 7.01. The molecule has 0 radical (unpaired) electrons. The van der Waals surface area contributed by atoms with Gasteiger partial charge in [-0.25, -0.2) is 5.43 Å². The number of ether oxygens (including phenoxy) is 2. The van der Waals surface area contributed by atoms with Crippen molar-refractivity contribution in [3.05, 3.63) is 59.7 Å². The number of rotatable bonds is 9. The van der Waals surface area contributed by atoms with Gasteiger partial charge in [0.25, 0.3) is 5.91 Å². The number of benzene rings is 2. The molecule has 1 amide bonds. The van der Waals surface area contributed by atoms with Gasteiger partial charge in [0.05, 0.1) is 16.9 Å². The molecule has 0 bridgehead atoms. The zero-order valence-electron chi connectivity index (χ0n) is 16.7. The predicted molar refractivity (Wildman–Crippen MR) is 122 cm³/mol. The van der Waals surface area contributed by atoms with Gasteiger partial charge in [-0.05, 0) is 60.9 Å². The Morgan fingerprint density at radius 2 is 1.79 bits per heavy atom. The first kappa shape index (κ1) is 21.6. The molecular weight excluding hydrogens is 404 g/mol. The fraction of sp³-hybridized carbons (Fsp3) is 0.364. The average molecular weight is 431 g/mol. The van der Waals surface area contributed by atoms with E-state index in [9.17, 15) is 4.79 Å². The van der Waals surface area contributed by atoms with E-state index in [1.165, 1.54) is 17.1 Å². The fourth-order valence-corrected chi connectivity index (χ4v) is 5.44. The van der Waals surface area contributed by atoms with Gasteiger partial charge in [0, 0.05) is 11.5 Å². The van der Waals surface area contributed by atoms with E-state index in [4.69, 9.17) is 9.47 Å². The van der Waals surface area contributed by atoms with Crippen LogP contribution in [0.15, 0.2) is 53.6 Å². The van der Waals surface area contributed by atoms with Crippen molar-refractivity contribution in [2.24, 2.45) is 5.10 Å². The second-order valence-corrected chi connectivity index (χ2v) is 9.35. The van der Waals surface area contributed by atoms with Crippen LogP contribution in [0.1, 0.15) is 36.0 Å². The highest BCUT2D eigenvalue weighted by Crippen LogP contribution is 2.45. The molecule has 1 atom stereocenters. The van der Waals surface area contributed by atoms with Crippen molar-refractivity contribution in [1.82, 2.24) is 5.43 Å². The van der Waals surface area contributed by atoms with Crippen LogP contribution in [0.2, 0.25) is 0 Å². The van der Waals surface area contributed by atoms with Gasteiger partial charge in [0.2, 0.25) is 0 Å². The maximum absolute atomic E-state index is 11.9. The highest BCUT2D eigenvalue weighted by atomic mass is 32.2. The maximum atomic E-state index is 11.9. The number of carbonyl (C=O) groups is 1. The average Bonchev–Trinajstić information content (AvgIpc) is 3.29. The summed E-state index contributed by atoms with van der Waals surface area (Å²) in [6.07, 6.45) is 2.74. The van der Waals surface area contributed by atoms with E-state index in [2.05, 4.69) is 29.6 Å². The summed E-state index contributed by atoms with van der Waals surface area (Å²) in [5.74, 6) is 3.60. The summed E-state index contributed by atoms with van der Waals surface area (Å²) in [5.41, 5.74) is 4.65. The van der Waals surface area contributed by atoms with Gasteiger partial charge in [0.1, 0.15) is 11.5 Å². The first-order chi connectivity index (χ1) is 14.1. The number of nitrogens with one attached hydrogen (secondary N) is 1. The summed E-state index contributed by atoms with van der Waals surface area (Å²) >= 11 is 3.93. The highest BCUT2D eigenvalue weighted by molar-refractivity contribution is 8.19. The lowest BCUT2D eigenvalue weighted by molar-refractivity contribution is -0.123. The van der Waals surface area contributed by atoms with E-state index in [1.54, 1.807) is 6.21 Å². The number of amides is 1.